The quantitative estimate of drug-likeness (QED) is 0.613. The maximum Gasteiger partial charge on any atom is 0.244 e. The third-order valence-corrected chi connectivity index (χ3v) is 7.15. The number of hydrogen-bond acceptors (Lipinski definition) is 3. The van der Waals surface area contributed by atoms with Crippen molar-refractivity contribution in [3.8, 4) is 6.07 Å². The van der Waals surface area contributed by atoms with Crippen LogP contribution in [-0.2, 0) is 17.6 Å². The molecule has 0 saturated heterocycles. The highest BCUT2D eigenvalue weighted by Gasteiger charge is 2.23. The maximum absolute atomic E-state index is 13.7. The molecule has 0 bridgehead atoms. The summed E-state index contributed by atoms with van der Waals surface area (Å²) in [5, 5.41) is 12.2. The summed E-state index contributed by atoms with van der Waals surface area (Å²) in [6.45, 7) is 3.19. The molecule has 2 aromatic carbocycles. The van der Waals surface area contributed by atoms with E-state index in [4.69, 9.17) is 5.26 Å². The second-order valence-electron chi connectivity index (χ2n) is 9.45. The Morgan fingerprint density at radius 3 is 2.56 bits per heavy atom. The highest BCUT2D eigenvalue weighted by atomic mass is 19.1. The number of nitriles is 1. The fourth-order valence-electron chi connectivity index (χ4n) is 5.08. The highest BCUT2D eigenvalue weighted by Crippen LogP contribution is 2.28. The Bertz CT molecular complexity index is 1080. The number of carbonyl (C=O) groups excluding carboxylic acids is 1. The lowest BCUT2D eigenvalue weighted by atomic mass is 9.84. The summed E-state index contributed by atoms with van der Waals surface area (Å²) < 4.78 is 26.7. The van der Waals surface area contributed by atoms with Crippen molar-refractivity contribution in [1.82, 2.24) is 10.2 Å². The van der Waals surface area contributed by atoms with Crippen LogP contribution in [0.5, 0.6) is 0 Å². The Kier molecular flexibility index (Phi) is 8.08. The monoisotopic (exact) mass is 463 g/mol. The number of fused-ring (bicyclic) bond motifs is 1. The molecule has 0 radical (unpaired) electrons. The van der Waals surface area contributed by atoms with Crippen molar-refractivity contribution in [3.05, 3.63) is 76.4 Å². The lowest BCUT2D eigenvalue weighted by Gasteiger charge is -2.30. The van der Waals surface area contributed by atoms with Crippen LogP contribution in [0, 0.1) is 28.9 Å². The first-order chi connectivity index (χ1) is 16.5. The first-order valence-corrected chi connectivity index (χ1v) is 12.2. The van der Waals surface area contributed by atoms with E-state index in [0.29, 0.717) is 5.92 Å². The Balaban J connectivity index is 1.17. The molecule has 1 heterocycles. The van der Waals surface area contributed by atoms with Gasteiger partial charge in [-0.05, 0) is 98.9 Å². The second kappa shape index (κ2) is 11.4. The van der Waals surface area contributed by atoms with Crippen LogP contribution in [0.2, 0.25) is 0 Å². The number of nitrogens with zero attached hydrogens (tertiary/aromatic N) is 2. The molecule has 2 aromatic rings. The molecule has 0 spiro atoms. The molecular formula is C28H31F2N3O. The number of carbonyl (C=O) groups is 1. The van der Waals surface area contributed by atoms with Gasteiger partial charge in [-0.25, -0.2) is 8.78 Å². The molecule has 1 saturated carbocycles. The van der Waals surface area contributed by atoms with Crippen LogP contribution in [-0.4, -0.2) is 36.5 Å². The van der Waals surface area contributed by atoms with Crippen molar-refractivity contribution in [2.75, 3.05) is 19.6 Å². The lowest BCUT2D eigenvalue weighted by molar-refractivity contribution is -0.117. The molecule has 1 fully saturated rings. The standard InChI is InChI=1S/C28H31F2N3O/c29-25-7-5-23(27(30)18-25)6-10-28(34)32-26-8-2-20(3-9-26)11-14-33-15-12-22-4-1-21(19-31)17-24(22)13-16-33/h1,4-7,10,17-18,20,26H,2-3,8-9,11-16H2,(H,32,34)/b10-6+. The van der Waals surface area contributed by atoms with E-state index in [2.05, 4.69) is 22.4 Å². The fraction of sp³-hybridized carbons (Fsp3) is 0.429. The van der Waals surface area contributed by atoms with Gasteiger partial charge < -0.3 is 10.2 Å². The lowest BCUT2D eigenvalue weighted by Crippen LogP contribution is -2.37. The van der Waals surface area contributed by atoms with Crippen molar-refractivity contribution in [1.29, 1.82) is 5.26 Å². The molecule has 0 atom stereocenters. The number of rotatable bonds is 6. The van der Waals surface area contributed by atoms with Gasteiger partial charge in [-0.3, -0.25) is 4.79 Å². The molecule has 0 unspecified atom stereocenters. The number of halogens is 2. The fourth-order valence-corrected chi connectivity index (χ4v) is 5.08. The van der Waals surface area contributed by atoms with Crippen molar-refractivity contribution >= 4 is 12.0 Å². The van der Waals surface area contributed by atoms with Gasteiger partial charge in [-0.2, -0.15) is 5.26 Å². The number of benzene rings is 2. The summed E-state index contributed by atoms with van der Waals surface area (Å²) in [6, 6.07) is 11.8. The normalized spacial score (nSPS) is 21.0. The largest absolute Gasteiger partial charge is 0.350 e. The van der Waals surface area contributed by atoms with Gasteiger partial charge >= 0.3 is 0 Å². The van der Waals surface area contributed by atoms with Gasteiger partial charge in [-0.1, -0.05) is 6.07 Å². The Hall–Kier alpha value is -3.04. The third-order valence-electron chi connectivity index (χ3n) is 7.15. The predicted octanol–water partition coefficient (Wildman–Crippen LogP) is 5.02. The van der Waals surface area contributed by atoms with Crippen LogP contribution in [0.4, 0.5) is 8.78 Å². The van der Waals surface area contributed by atoms with E-state index in [1.807, 2.05) is 12.1 Å². The third kappa shape index (κ3) is 6.51. The SMILES string of the molecule is N#Cc1ccc2c(c1)CCN(CCC1CCC(NC(=O)/C=C/c3ccc(F)cc3F)CC1)CC2. The highest BCUT2D eigenvalue weighted by molar-refractivity contribution is 5.91. The van der Waals surface area contributed by atoms with E-state index in [1.165, 1.54) is 41.8 Å². The van der Waals surface area contributed by atoms with E-state index in [0.717, 1.165) is 69.8 Å². The van der Waals surface area contributed by atoms with Crippen LogP contribution >= 0.6 is 0 Å². The van der Waals surface area contributed by atoms with Gasteiger partial charge in [0.05, 0.1) is 11.6 Å². The molecule has 6 heteroatoms. The van der Waals surface area contributed by atoms with Gasteiger partial charge in [0.25, 0.3) is 0 Å². The minimum Gasteiger partial charge on any atom is -0.350 e. The van der Waals surface area contributed by atoms with Crippen molar-refractivity contribution in [3.63, 3.8) is 0 Å². The summed E-state index contributed by atoms with van der Waals surface area (Å²) in [6.07, 6.45) is 10.0. The Labute approximate surface area is 200 Å². The molecule has 4 rings (SSSR count). The zero-order valence-corrected chi connectivity index (χ0v) is 19.4. The average molecular weight is 464 g/mol. The van der Waals surface area contributed by atoms with Crippen molar-refractivity contribution in [2.24, 2.45) is 5.92 Å². The smallest absolute Gasteiger partial charge is 0.244 e. The molecule has 1 aliphatic heterocycles. The topological polar surface area (TPSA) is 56.1 Å². The molecule has 1 amide bonds. The van der Waals surface area contributed by atoms with Gasteiger partial charge in [0.15, 0.2) is 0 Å². The Morgan fingerprint density at radius 2 is 1.82 bits per heavy atom. The zero-order chi connectivity index (χ0) is 23.9. The van der Waals surface area contributed by atoms with E-state index in [1.54, 1.807) is 0 Å². The summed E-state index contributed by atoms with van der Waals surface area (Å²) in [5.41, 5.74) is 3.62. The summed E-state index contributed by atoms with van der Waals surface area (Å²) >= 11 is 0. The number of nitrogens with one attached hydrogen (secondary N) is 1. The second-order valence-corrected chi connectivity index (χ2v) is 9.45. The molecule has 0 aromatic heterocycles. The molecule has 178 valence electrons. The van der Waals surface area contributed by atoms with Crippen LogP contribution in [0.1, 0.15) is 54.4 Å². The van der Waals surface area contributed by atoms with Gasteiger partial charge in [0.2, 0.25) is 5.91 Å². The predicted molar refractivity (Wildman–Crippen MR) is 129 cm³/mol. The average Bonchev–Trinajstić information content (AvgIpc) is 3.05. The molecule has 4 nitrogen and oxygen atoms in total. The number of amides is 1. The van der Waals surface area contributed by atoms with Gasteiger partial charge in [0, 0.05) is 36.8 Å². The van der Waals surface area contributed by atoms with Crippen molar-refractivity contribution < 1.29 is 13.6 Å². The van der Waals surface area contributed by atoms with Crippen LogP contribution in [0.15, 0.2) is 42.5 Å². The van der Waals surface area contributed by atoms with E-state index in [-0.39, 0.29) is 17.5 Å². The van der Waals surface area contributed by atoms with Crippen LogP contribution in [0.3, 0.4) is 0 Å². The molecule has 1 aliphatic carbocycles. The number of hydrogen-bond donors (Lipinski definition) is 1. The van der Waals surface area contributed by atoms with Crippen LogP contribution in [0.25, 0.3) is 6.08 Å². The maximum atomic E-state index is 13.7. The zero-order valence-electron chi connectivity index (χ0n) is 19.4. The van der Waals surface area contributed by atoms with E-state index < -0.39 is 11.6 Å². The van der Waals surface area contributed by atoms with Crippen LogP contribution < -0.4 is 5.32 Å². The summed E-state index contributed by atoms with van der Waals surface area (Å²) in [4.78, 5) is 14.8. The van der Waals surface area contributed by atoms with E-state index in [9.17, 15) is 13.6 Å². The molecule has 1 N–H and O–H groups in total. The van der Waals surface area contributed by atoms with E-state index >= 15 is 0 Å². The molecule has 2 aliphatic rings. The molecular weight excluding hydrogens is 432 g/mol. The Morgan fingerprint density at radius 1 is 1.06 bits per heavy atom. The summed E-state index contributed by atoms with van der Waals surface area (Å²) in [7, 11) is 0. The van der Waals surface area contributed by atoms with Gasteiger partial charge in [-0.15, -0.1) is 0 Å². The van der Waals surface area contributed by atoms with Gasteiger partial charge in [0.1, 0.15) is 11.6 Å². The first-order valence-electron chi connectivity index (χ1n) is 12.2. The minimum atomic E-state index is -0.676. The minimum absolute atomic E-state index is 0.147. The summed E-state index contributed by atoms with van der Waals surface area (Å²) in [5.74, 6) is -0.876. The molecule has 34 heavy (non-hydrogen) atoms. The first kappa shape index (κ1) is 24.1. The van der Waals surface area contributed by atoms with Crippen molar-refractivity contribution in [2.45, 2.75) is 51.0 Å².